The van der Waals surface area contributed by atoms with Gasteiger partial charge in [-0.25, -0.2) is 0 Å². The second-order valence-electron chi connectivity index (χ2n) is 3.06. The molecule has 1 unspecified atom stereocenters. The number of rotatable bonds is 7. The van der Waals surface area contributed by atoms with Crippen LogP contribution in [0.5, 0.6) is 0 Å². The molecular formula is C8H18O5Si. The molecule has 0 N–H and O–H groups in total. The summed E-state index contributed by atoms with van der Waals surface area (Å²) in [5.41, 5.74) is -0.763. The minimum absolute atomic E-state index is 0.481. The predicted octanol–water partition coefficient (Wildman–Crippen LogP) is 0.557. The molecule has 0 aromatic heterocycles. The van der Waals surface area contributed by atoms with Crippen molar-refractivity contribution in [2.24, 2.45) is 0 Å². The van der Waals surface area contributed by atoms with Crippen LogP contribution in [-0.4, -0.2) is 48.8 Å². The van der Waals surface area contributed by atoms with E-state index in [0.29, 0.717) is 13.2 Å². The lowest BCUT2D eigenvalue weighted by Crippen LogP contribution is -2.58. The fourth-order valence-corrected chi connectivity index (χ4v) is 3.54. The first kappa shape index (κ1) is 12.1. The highest BCUT2D eigenvalue weighted by atomic mass is 28.4. The number of ether oxygens (including phenoxy) is 2. The molecule has 0 aromatic carbocycles. The van der Waals surface area contributed by atoms with Crippen molar-refractivity contribution in [1.29, 1.82) is 0 Å². The highest BCUT2D eigenvalue weighted by Crippen LogP contribution is 2.39. The van der Waals surface area contributed by atoms with Crippen LogP contribution in [0.2, 0.25) is 0 Å². The average Bonchev–Trinajstić information content (AvgIpc) is 3.00. The lowest BCUT2D eigenvalue weighted by Gasteiger charge is -2.29. The number of hydrogen-bond acceptors (Lipinski definition) is 5. The van der Waals surface area contributed by atoms with Gasteiger partial charge in [0.2, 0.25) is 0 Å². The molecule has 0 saturated carbocycles. The molecule has 0 aliphatic carbocycles. The Morgan fingerprint density at radius 1 is 1.21 bits per heavy atom. The van der Waals surface area contributed by atoms with Gasteiger partial charge in [-0.2, -0.15) is 0 Å². The first-order valence-corrected chi connectivity index (χ1v) is 6.36. The quantitative estimate of drug-likeness (QED) is 0.465. The fourth-order valence-electron chi connectivity index (χ4n) is 1.40. The molecule has 1 atom stereocenters. The van der Waals surface area contributed by atoms with Crippen LogP contribution in [0.4, 0.5) is 0 Å². The van der Waals surface area contributed by atoms with E-state index in [1.165, 1.54) is 0 Å². The van der Waals surface area contributed by atoms with Crippen molar-refractivity contribution in [2.75, 3.05) is 34.5 Å². The molecule has 1 heterocycles. The Bertz CT molecular complexity index is 170. The maximum atomic E-state index is 5.59. The minimum atomic E-state index is -2.82. The molecule has 0 spiro atoms. The largest absolute Gasteiger partial charge is 0.565 e. The van der Waals surface area contributed by atoms with E-state index in [-0.39, 0.29) is 0 Å². The van der Waals surface area contributed by atoms with Gasteiger partial charge in [0.1, 0.15) is 6.61 Å². The van der Waals surface area contributed by atoms with Crippen LogP contribution in [0.25, 0.3) is 0 Å². The smallest absolute Gasteiger partial charge is 0.374 e. The van der Waals surface area contributed by atoms with Crippen molar-refractivity contribution >= 4 is 8.80 Å². The van der Waals surface area contributed by atoms with Gasteiger partial charge in [-0.1, -0.05) is 6.92 Å². The molecule has 1 saturated heterocycles. The molecule has 1 fully saturated rings. The summed E-state index contributed by atoms with van der Waals surface area (Å²) in [6.45, 7) is 3.13. The van der Waals surface area contributed by atoms with E-state index in [2.05, 4.69) is 0 Å². The summed E-state index contributed by atoms with van der Waals surface area (Å²) in [6.07, 6.45) is 0.923. The zero-order valence-electron chi connectivity index (χ0n) is 9.16. The van der Waals surface area contributed by atoms with Gasteiger partial charge in [-0.05, 0) is 6.42 Å². The Hall–Kier alpha value is 0.0169. The molecule has 0 amide bonds. The lowest BCUT2D eigenvalue weighted by atomic mass is 10.5. The standard InChI is InChI=1S/C8H18O5Si/c1-5-6-12-8(7-13-8)14(9-2,10-3)11-4/h5-7H2,1-4H3. The van der Waals surface area contributed by atoms with Crippen LogP contribution >= 0.6 is 0 Å². The van der Waals surface area contributed by atoms with Crippen molar-refractivity contribution in [3.05, 3.63) is 0 Å². The molecule has 0 bridgehead atoms. The molecule has 6 heteroatoms. The van der Waals surface area contributed by atoms with Gasteiger partial charge in [0.05, 0.1) is 0 Å². The van der Waals surface area contributed by atoms with Gasteiger partial charge in [0.25, 0.3) is 5.41 Å². The maximum absolute atomic E-state index is 5.59. The van der Waals surface area contributed by atoms with Crippen LogP contribution in [0.3, 0.4) is 0 Å². The lowest BCUT2D eigenvalue weighted by molar-refractivity contribution is -0.0550. The van der Waals surface area contributed by atoms with E-state index < -0.39 is 14.2 Å². The molecule has 5 nitrogen and oxygen atoms in total. The third kappa shape index (κ3) is 1.86. The summed E-state index contributed by atoms with van der Waals surface area (Å²) in [5, 5.41) is 0. The normalized spacial score (nSPS) is 26.6. The van der Waals surface area contributed by atoms with E-state index in [4.69, 9.17) is 22.8 Å². The first-order valence-electron chi connectivity index (χ1n) is 4.63. The van der Waals surface area contributed by atoms with Crippen molar-refractivity contribution in [3.8, 4) is 0 Å². The monoisotopic (exact) mass is 222 g/mol. The third-order valence-corrected chi connectivity index (χ3v) is 5.20. The van der Waals surface area contributed by atoms with E-state index >= 15 is 0 Å². The molecule has 0 aromatic rings. The third-order valence-electron chi connectivity index (χ3n) is 2.22. The van der Waals surface area contributed by atoms with Gasteiger partial charge in [-0.3, -0.25) is 0 Å². The maximum Gasteiger partial charge on any atom is 0.565 e. The molecule has 1 aliphatic heterocycles. The van der Waals surface area contributed by atoms with Crippen LogP contribution in [0.1, 0.15) is 13.3 Å². The van der Waals surface area contributed by atoms with E-state index in [1.54, 1.807) is 21.3 Å². The Labute approximate surface area is 85.6 Å². The summed E-state index contributed by atoms with van der Waals surface area (Å²) >= 11 is 0. The first-order chi connectivity index (χ1) is 6.70. The van der Waals surface area contributed by atoms with Crippen molar-refractivity contribution in [1.82, 2.24) is 0 Å². The van der Waals surface area contributed by atoms with Crippen molar-refractivity contribution in [2.45, 2.75) is 18.8 Å². The van der Waals surface area contributed by atoms with Crippen LogP contribution in [0, 0.1) is 0 Å². The Morgan fingerprint density at radius 2 is 1.71 bits per heavy atom. The molecular weight excluding hydrogens is 204 g/mol. The van der Waals surface area contributed by atoms with E-state index in [0.717, 1.165) is 6.42 Å². The van der Waals surface area contributed by atoms with Gasteiger partial charge in [0, 0.05) is 27.9 Å². The Kier molecular flexibility index (Phi) is 4.05. The van der Waals surface area contributed by atoms with Crippen molar-refractivity contribution < 1.29 is 22.8 Å². The average molecular weight is 222 g/mol. The van der Waals surface area contributed by atoms with Gasteiger partial charge in [-0.15, -0.1) is 0 Å². The molecule has 1 aliphatic rings. The second-order valence-corrected chi connectivity index (χ2v) is 6.16. The number of epoxide rings is 1. The Balaban J connectivity index is 2.66. The second kappa shape index (κ2) is 4.69. The van der Waals surface area contributed by atoms with Gasteiger partial charge < -0.3 is 22.8 Å². The molecule has 1 rings (SSSR count). The van der Waals surface area contributed by atoms with Crippen molar-refractivity contribution in [3.63, 3.8) is 0 Å². The highest BCUT2D eigenvalue weighted by molar-refractivity contribution is 6.64. The summed E-state index contributed by atoms with van der Waals surface area (Å²) in [7, 11) is 1.84. The van der Waals surface area contributed by atoms with Gasteiger partial charge in [0.15, 0.2) is 0 Å². The van der Waals surface area contributed by atoms with Crippen LogP contribution < -0.4 is 0 Å². The molecule has 84 valence electrons. The molecule has 0 radical (unpaired) electrons. The summed E-state index contributed by atoms with van der Waals surface area (Å²) < 4.78 is 26.8. The highest BCUT2D eigenvalue weighted by Gasteiger charge is 2.72. The van der Waals surface area contributed by atoms with Crippen LogP contribution in [0.15, 0.2) is 0 Å². The minimum Gasteiger partial charge on any atom is -0.374 e. The topological polar surface area (TPSA) is 49.5 Å². The predicted molar refractivity (Wildman–Crippen MR) is 51.7 cm³/mol. The van der Waals surface area contributed by atoms with E-state index in [9.17, 15) is 0 Å². The Morgan fingerprint density at radius 3 is 2.00 bits per heavy atom. The molecule has 14 heavy (non-hydrogen) atoms. The van der Waals surface area contributed by atoms with Gasteiger partial charge >= 0.3 is 8.80 Å². The van der Waals surface area contributed by atoms with E-state index in [1.807, 2.05) is 6.92 Å². The van der Waals surface area contributed by atoms with Crippen LogP contribution in [-0.2, 0) is 22.8 Å². The summed E-state index contributed by atoms with van der Waals surface area (Å²) in [5.74, 6) is 0. The zero-order chi connectivity index (χ0) is 10.7. The SMILES string of the molecule is CCCOC1([Si](OC)(OC)OC)CO1. The summed E-state index contributed by atoms with van der Waals surface area (Å²) in [6, 6.07) is 0. The zero-order valence-corrected chi connectivity index (χ0v) is 10.2. The fraction of sp³-hybridized carbons (Fsp3) is 1.00. The number of hydrogen-bond donors (Lipinski definition) is 0. The summed E-state index contributed by atoms with van der Waals surface area (Å²) in [4.78, 5) is 0.